The normalized spacial score (nSPS) is 14.8. The van der Waals surface area contributed by atoms with Gasteiger partial charge in [0.1, 0.15) is 0 Å². The number of benzene rings is 1. The Morgan fingerprint density at radius 2 is 1.73 bits per heavy atom. The van der Waals surface area contributed by atoms with Gasteiger partial charge < -0.3 is 15.1 Å². The van der Waals surface area contributed by atoms with Crippen LogP contribution in [0.2, 0.25) is 0 Å². The van der Waals surface area contributed by atoms with Crippen LogP contribution in [0.25, 0.3) is 0 Å². The van der Waals surface area contributed by atoms with E-state index < -0.39 is 0 Å². The number of nitrogens with one attached hydrogen (secondary N) is 1. The summed E-state index contributed by atoms with van der Waals surface area (Å²) < 4.78 is 0. The summed E-state index contributed by atoms with van der Waals surface area (Å²) in [4.78, 5) is 41.7. The molecule has 7 heteroatoms. The average Bonchev–Trinajstić information content (AvgIpc) is 2.67. The number of piperazine rings is 1. The summed E-state index contributed by atoms with van der Waals surface area (Å²) in [7, 11) is 1.64. The summed E-state index contributed by atoms with van der Waals surface area (Å²) in [6.07, 6.45) is 0.870. The average molecular weight is 360 g/mol. The number of amides is 3. The van der Waals surface area contributed by atoms with Crippen LogP contribution in [0.4, 0.5) is 0 Å². The van der Waals surface area contributed by atoms with E-state index in [9.17, 15) is 14.4 Å². The lowest BCUT2D eigenvalue weighted by molar-refractivity contribution is -0.135. The number of rotatable bonds is 7. The summed E-state index contributed by atoms with van der Waals surface area (Å²) >= 11 is 0. The van der Waals surface area contributed by atoms with Crippen LogP contribution in [0.3, 0.4) is 0 Å². The fourth-order valence-corrected chi connectivity index (χ4v) is 2.81. The number of hydrogen-bond acceptors (Lipinski definition) is 4. The zero-order chi connectivity index (χ0) is 18.9. The minimum Gasteiger partial charge on any atom is -0.355 e. The number of carbonyl (C=O) groups excluding carboxylic acids is 3. The zero-order valence-corrected chi connectivity index (χ0v) is 15.6. The predicted octanol–water partition coefficient (Wildman–Crippen LogP) is 0.429. The Bertz CT molecular complexity index is 612. The number of nitrogens with zero attached hydrogens (tertiary/aromatic N) is 3. The van der Waals surface area contributed by atoms with Crippen molar-refractivity contribution in [2.75, 3.05) is 52.9 Å². The third-order valence-corrected chi connectivity index (χ3v) is 4.42. The van der Waals surface area contributed by atoms with Crippen molar-refractivity contribution in [3.8, 4) is 0 Å². The first-order valence-electron chi connectivity index (χ1n) is 9.08. The van der Waals surface area contributed by atoms with Gasteiger partial charge in [0.25, 0.3) is 5.91 Å². The van der Waals surface area contributed by atoms with Crippen LogP contribution in [0.5, 0.6) is 0 Å². The van der Waals surface area contributed by atoms with Crippen LogP contribution in [-0.2, 0) is 9.59 Å². The lowest BCUT2D eigenvalue weighted by Gasteiger charge is -2.35. The van der Waals surface area contributed by atoms with Gasteiger partial charge in [0.05, 0.1) is 13.1 Å². The van der Waals surface area contributed by atoms with E-state index in [1.165, 1.54) is 4.90 Å². The first kappa shape index (κ1) is 19.9. The molecule has 1 aliphatic rings. The molecular weight excluding hydrogens is 332 g/mol. The van der Waals surface area contributed by atoms with Crippen molar-refractivity contribution in [2.45, 2.75) is 13.3 Å². The monoisotopic (exact) mass is 360 g/mol. The molecule has 2 rings (SSSR count). The van der Waals surface area contributed by atoms with Gasteiger partial charge in [-0.2, -0.15) is 0 Å². The molecule has 3 amide bonds. The molecule has 0 atom stereocenters. The Morgan fingerprint density at radius 1 is 1.08 bits per heavy atom. The van der Waals surface area contributed by atoms with Gasteiger partial charge in [0.2, 0.25) is 11.8 Å². The number of carbonyl (C=O) groups is 3. The van der Waals surface area contributed by atoms with E-state index in [-0.39, 0.29) is 30.8 Å². The highest BCUT2D eigenvalue weighted by Gasteiger charge is 2.24. The molecule has 0 spiro atoms. The van der Waals surface area contributed by atoms with Crippen LogP contribution in [0.1, 0.15) is 23.7 Å². The van der Waals surface area contributed by atoms with Gasteiger partial charge >= 0.3 is 0 Å². The van der Waals surface area contributed by atoms with Gasteiger partial charge in [-0.25, -0.2) is 0 Å². The third-order valence-electron chi connectivity index (χ3n) is 4.42. The molecular formula is C19H28N4O3. The molecule has 7 nitrogen and oxygen atoms in total. The van der Waals surface area contributed by atoms with Crippen LogP contribution >= 0.6 is 0 Å². The molecule has 1 saturated heterocycles. The largest absolute Gasteiger partial charge is 0.355 e. The summed E-state index contributed by atoms with van der Waals surface area (Å²) in [5, 5.41) is 2.76. The minimum atomic E-state index is -0.138. The molecule has 1 aliphatic heterocycles. The maximum Gasteiger partial charge on any atom is 0.253 e. The lowest BCUT2D eigenvalue weighted by Crippen LogP contribution is -2.51. The second kappa shape index (κ2) is 9.91. The maximum absolute atomic E-state index is 12.4. The molecule has 0 aliphatic carbocycles. The second-order valence-electron chi connectivity index (χ2n) is 6.53. The molecule has 26 heavy (non-hydrogen) atoms. The van der Waals surface area contributed by atoms with Gasteiger partial charge in [0, 0.05) is 45.3 Å². The van der Waals surface area contributed by atoms with E-state index in [2.05, 4.69) is 5.32 Å². The fraction of sp³-hybridized carbons (Fsp3) is 0.526. The van der Waals surface area contributed by atoms with Crippen molar-refractivity contribution in [1.29, 1.82) is 0 Å². The Labute approximate surface area is 154 Å². The van der Waals surface area contributed by atoms with Gasteiger partial charge in [-0.05, 0) is 18.6 Å². The first-order valence-corrected chi connectivity index (χ1v) is 9.08. The molecule has 1 heterocycles. The van der Waals surface area contributed by atoms with Crippen molar-refractivity contribution < 1.29 is 14.4 Å². The molecule has 0 saturated carbocycles. The molecule has 1 fully saturated rings. The first-order chi connectivity index (χ1) is 12.5. The quantitative estimate of drug-likeness (QED) is 0.765. The van der Waals surface area contributed by atoms with E-state index >= 15 is 0 Å². The standard InChI is InChI=1S/C19H28N4O3/c1-3-9-20-17(24)14-21(2)18(25)15-22-10-12-23(13-11-22)19(26)16-7-5-4-6-8-16/h4-8H,3,9-15H2,1-2H3,(H,20,24). The third kappa shape index (κ3) is 5.84. The van der Waals surface area contributed by atoms with Gasteiger partial charge in [-0.3, -0.25) is 19.3 Å². The van der Waals surface area contributed by atoms with E-state index in [1.807, 2.05) is 47.1 Å². The highest BCUT2D eigenvalue weighted by Crippen LogP contribution is 2.08. The van der Waals surface area contributed by atoms with E-state index in [0.717, 1.165) is 6.42 Å². The molecule has 0 unspecified atom stereocenters. The molecule has 0 aromatic heterocycles. The fourth-order valence-electron chi connectivity index (χ4n) is 2.81. The van der Waals surface area contributed by atoms with Gasteiger partial charge in [-0.15, -0.1) is 0 Å². The molecule has 1 aromatic carbocycles. The van der Waals surface area contributed by atoms with Crippen molar-refractivity contribution >= 4 is 17.7 Å². The Kier molecular flexibility index (Phi) is 7.59. The van der Waals surface area contributed by atoms with Gasteiger partial charge in [-0.1, -0.05) is 25.1 Å². The van der Waals surface area contributed by atoms with Crippen LogP contribution < -0.4 is 5.32 Å². The highest BCUT2D eigenvalue weighted by molar-refractivity contribution is 5.94. The Morgan fingerprint density at radius 3 is 2.35 bits per heavy atom. The lowest BCUT2D eigenvalue weighted by atomic mass is 10.2. The minimum absolute atomic E-state index is 0.0290. The highest BCUT2D eigenvalue weighted by atomic mass is 16.2. The van der Waals surface area contributed by atoms with Crippen molar-refractivity contribution in [3.63, 3.8) is 0 Å². The van der Waals surface area contributed by atoms with E-state index in [0.29, 0.717) is 38.3 Å². The SMILES string of the molecule is CCCNC(=O)CN(C)C(=O)CN1CCN(C(=O)c2ccccc2)CC1. The maximum atomic E-state index is 12.4. The Balaban J connectivity index is 1.75. The molecule has 0 radical (unpaired) electrons. The second-order valence-corrected chi connectivity index (χ2v) is 6.53. The van der Waals surface area contributed by atoms with E-state index in [1.54, 1.807) is 7.05 Å². The number of hydrogen-bond donors (Lipinski definition) is 1. The van der Waals surface area contributed by atoms with Crippen LogP contribution in [0.15, 0.2) is 30.3 Å². The van der Waals surface area contributed by atoms with Crippen molar-refractivity contribution in [1.82, 2.24) is 20.0 Å². The van der Waals surface area contributed by atoms with Crippen molar-refractivity contribution in [3.05, 3.63) is 35.9 Å². The summed E-state index contributed by atoms with van der Waals surface area (Å²) in [5.41, 5.74) is 0.690. The molecule has 1 aromatic rings. The summed E-state index contributed by atoms with van der Waals surface area (Å²) in [5.74, 6) is -0.193. The summed E-state index contributed by atoms with van der Waals surface area (Å²) in [6, 6.07) is 9.23. The Hall–Kier alpha value is -2.41. The van der Waals surface area contributed by atoms with Crippen molar-refractivity contribution in [2.24, 2.45) is 0 Å². The molecule has 142 valence electrons. The smallest absolute Gasteiger partial charge is 0.253 e. The summed E-state index contributed by atoms with van der Waals surface area (Å²) in [6.45, 7) is 5.45. The van der Waals surface area contributed by atoms with Gasteiger partial charge in [0.15, 0.2) is 0 Å². The van der Waals surface area contributed by atoms with Crippen LogP contribution in [0, 0.1) is 0 Å². The van der Waals surface area contributed by atoms with E-state index in [4.69, 9.17) is 0 Å². The van der Waals surface area contributed by atoms with Crippen LogP contribution in [-0.4, -0.2) is 85.3 Å². The predicted molar refractivity (Wildman–Crippen MR) is 99.7 cm³/mol. The number of likely N-dealkylation sites (N-methyl/N-ethyl adjacent to an activating group) is 1. The zero-order valence-electron chi connectivity index (χ0n) is 15.6. The molecule has 0 bridgehead atoms. The topological polar surface area (TPSA) is 73.0 Å². The molecule has 1 N–H and O–H groups in total.